The van der Waals surface area contributed by atoms with E-state index in [2.05, 4.69) is 10.6 Å². The molecule has 0 aliphatic carbocycles. The Balaban J connectivity index is 2.03. The monoisotopic (exact) mass is 253 g/mol. The van der Waals surface area contributed by atoms with E-state index < -0.39 is 0 Å². The summed E-state index contributed by atoms with van der Waals surface area (Å²) in [5.74, 6) is 0.275. The Kier molecular flexibility index (Phi) is 2.97. The zero-order valence-electron chi connectivity index (χ0n) is 10.5. The lowest BCUT2D eigenvalue weighted by molar-refractivity contribution is 0.283. The van der Waals surface area contributed by atoms with Crippen molar-refractivity contribution in [3.05, 3.63) is 65.9 Å². The van der Waals surface area contributed by atoms with Crippen LogP contribution in [0, 0.1) is 0 Å². The minimum absolute atomic E-state index is 0.0386. The predicted octanol–water partition coefficient (Wildman–Crippen LogP) is 2.89. The quantitative estimate of drug-likeness (QED) is 0.754. The number of nitrogens with zero attached hydrogens (tertiary/aromatic N) is 1. The topological polar surface area (TPSA) is 45.4 Å². The Bertz CT molecular complexity index is 698. The van der Waals surface area contributed by atoms with E-state index in [0.717, 1.165) is 28.6 Å². The molecule has 0 amide bonds. The van der Waals surface area contributed by atoms with Gasteiger partial charge in [0.25, 0.3) is 0 Å². The van der Waals surface area contributed by atoms with E-state index in [1.807, 2.05) is 36.5 Å². The molecular weight excluding hydrogens is 238 g/mol. The maximum atomic E-state index is 9.43. The number of para-hydroxylation sites is 1. The van der Waals surface area contributed by atoms with Crippen molar-refractivity contribution in [2.75, 3.05) is 0 Å². The minimum atomic E-state index is 0.0386. The van der Waals surface area contributed by atoms with Crippen LogP contribution in [0.1, 0.15) is 11.1 Å². The van der Waals surface area contributed by atoms with Crippen LogP contribution < -0.4 is 0 Å². The van der Waals surface area contributed by atoms with Gasteiger partial charge in [-0.1, -0.05) is 30.3 Å². The van der Waals surface area contributed by atoms with Crippen LogP contribution in [-0.4, -0.2) is 14.8 Å². The molecule has 2 aromatic carbocycles. The molecule has 1 heterocycles. The van der Waals surface area contributed by atoms with Gasteiger partial charge in [-0.25, -0.2) is 0 Å². The van der Waals surface area contributed by atoms with E-state index in [-0.39, 0.29) is 12.4 Å². The first-order valence-electron chi connectivity index (χ1n) is 6.23. The van der Waals surface area contributed by atoms with Crippen molar-refractivity contribution in [2.24, 2.45) is 0 Å². The predicted molar refractivity (Wildman–Crippen MR) is 75.1 cm³/mol. The standard InChI is InChI=1S/C16H15NO2/c18-11-14-3-1-2-13-8-9-17(16(13)14)10-12-4-6-15(19)7-5-12/h1-9,18-19H,10-11H2. The largest absolute Gasteiger partial charge is 0.508 e. The summed E-state index contributed by atoms with van der Waals surface area (Å²) in [4.78, 5) is 0. The maximum Gasteiger partial charge on any atom is 0.115 e. The smallest absolute Gasteiger partial charge is 0.115 e. The molecule has 0 radical (unpaired) electrons. The van der Waals surface area contributed by atoms with Gasteiger partial charge >= 0.3 is 0 Å². The highest BCUT2D eigenvalue weighted by atomic mass is 16.3. The van der Waals surface area contributed by atoms with Crippen molar-refractivity contribution in [1.82, 2.24) is 4.57 Å². The van der Waals surface area contributed by atoms with Gasteiger partial charge in [0, 0.05) is 18.3 Å². The summed E-state index contributed by atoms with van der Waals surface area (Å²) in [6.07, 6.45) is 2.02. The van der Waals surface area contributed by atoms with Crippen LogP contribution in [0.3, 0.4) is 0 Å². The lowest BCUT2D eigenvalue weighted by Gasteiger charge is -2.09. The number of aliphatic hydroxyl groups is 1. The molecule has 0 unspecified atom stereocenters. The molecule has 0 aliphatic rings. The Morgan fingerprint density at radius 3 is 2.47 bits per heavy atom. The molecule has 3 nitrogen and oxygen atoms in total. The SMILES string of the molecule is OCc1cccc2ccn(Cc3ccc(O)cc3)c12. The number of hydrogen-bond acceptors (Lipinski definition) is 2. The van der Waals surface area contributed by atoms with Gasteiger partial charge in [-0.05, 0) is 29.1 Å². The van der Waals surface area contributed by atoms with Gasteiger partial charge in [-0.3, -0.25) is 0 Å². The van der Waals surface area contributed by atoms with Crippen molar-refractivity contribution < 1.29 is 10.2 Å². The van der Waals surface area contributed by atoms with Gasteiger partial charge in [-0.15, -0.1) is 0 Å². The number of phenols is 1. The Morgan fingerprint density at radius 2 is 1.74 bits per heavy atom. The van der Waals surface area contributed by atoms with E-state index >= 15 is 0 Å². The fourth-order valence-corrected chi connectivity index (χ4v) is 2.40. The highest BCUT2D eigenvalue weighted by Gasteiger charge is 2.06. The second kappa shape index (κ2) is 4.78. The fraction of sp³-hybridized carbons (Fsp3) is 0.125. The summed E-state index contributed by atoms with van der Waals surface area (Å²) in [6, 6.07) is 15.2. The number of aromatic hydroxyl groups is 1. The number of benzene rings is 2. The van der Waals surface area contributed by atoms with Crippen molar-refractivity contribution in [3.8, 4) is 5.75 Å². The average Bonchev–Trinajstić information content (AvgIpc) is 2.85. The molecular formula is C16H15NO2. The van der Waals surface area contributed by atoms with Crippen LogP contribution in [0.4, 0.5) is 0 Å². The highest BCUT2D eigenvalue weighted by Crippen LogP contribution is 2.22. The van der Waals surface area contributed by atoms with E-state index in [1.165, 1.54) is 0 Å². The summed E-state index contributed by atoms with van der Waals surface area (Å²) in [6.45, 7) is 0.762. The third-order valence-electron chi connectivity index (χ3n) is 3.33. The molecule has 2 N–H and O–H groups in total. The summed E-state index contributed by atoms with van der Waals surface area (Å²) in [5, 5.41) is 19.9. The fourth-order valence-electron chi connectivity index (χ4n) is 2.40. The summed E-state index contributed by atoms with van der Waals surface area (Å²) >= 11 is 0. The Morgan fingerprint density at radius 1 is 0.947 bits per heavy atom. The first-order chi connectivity index (χ1) is 9.28. The number of fused-ring (bicyclic) bond motifs is 1. The van der Waals surface area contributed by atoms with E-state index in [1.54, 1.807) is 12.1 Å². The van der Waals surface area contributed by atoms with Crippen molar-refractivity contribution >= 4 is 10.9 Å². The summed E-state index contributed by atoms with van der Waals surface area (Å²) in [5.41, 5.74) is 3.11. The van der Waals surface area contributed by atoms with Gasteiger partial charge in [0.05, 0.1) is 12.1 Å². The molecule has 3 rings (SSSR count). The van der Waals surface area contributed by atoms with Gasteiger partial charge in [0.1, 0.15) is 5.75 Å². The van der Waals surface area contributed by atoms with Gasteiger partial charge in [-0.2, -0.15) is 0 Å². The molecule has 1 aromatic heterocycles. The first kappa shape index (κ1) is 11.8. The molecule has 0 bridgehead atoms. The number of aliphatic hydroxyl groups excluding tert-OH is 1. The molecule has 3 heteroatoms. The second-order valence-corrected chi connectivity index (χ2v) is 4.62. The van der Waals surface area contributed by atoms with E-state index in [4.69, 9.17) is 0 Å². The Labute approximate surface area is 111 Å². The molecule has 0 fully saturated rings. The molecule has 0 saturated heterocycles. The van der Waals surface area contributed by atoms with Crippen LogP contribution in [0.25, 0.3) is 10.9 Å². The zero-order valence-corrected chi connectivity index (χ0v) is 10.5. The second-order valence-electron chi connectivity index (χ2n) is 4.62. The van der Waals surface area contributed by atoms with E-state index in [9.17, 15) is 10.2 Å². The first-order valence-corrected chi connectivity index (χ1v) is 6.23. The molecule has 3 aromatic rings. The van der Waals surface area contributed by atoms with Crippen LogP contribution in [0.5, 0.6) is 5.75 Å². The zero-order chi connectivity index (χ0) is 13.2. The number of rotatable bonds is 3. The summed E-state index contributed by atoms with van der Waals surface area (Å²) < 4.78 is 2.12. The molecule has 19 heavy (non-hydrogen) atoms. The van der Waals surface area contributed by atoms with Crippen molar-refractivity contribution in [1.29, 1.82) is 0 Å². The van der Waals surface area contributed by atoms with Gasteiger partial charge < -0.3 is 14.8 Å². The van der Waals surface area contributed by atoms with Gasteiger partial charge in [0.15, 0.2) is 0 Å². The van der Waals surface area contributed by atoms with Crippen LogP contribution >= 0.6 is 0 Å². The minimum Gasteiger partial charge on any atom is -0.508 e. The molecule has 0 saturated carbocycles. The van der Waals surface area contributed by atoms with Crippen LogP contribution in [0.2, 0.25) is 0 Å². The average molecular weight is 253 g/mol. The summed E-state index contributed by atoms with van der Waals surface area (Å²) in [7, 11) is 0. The van der Waals surface area contributed by atoms with Crippen molar-refractivity contribution in [2.45, 2.75) is 13.2 Å². The number of phenolic OH excluding ortho intramolecular Hbond substituents is 1. The Hall–Kier alpha value is -2.26. The highest BCUT2D eigenvalue weighted by molar-refractivity contribution is 5.83. The maximum absolute atomic E-state index is 9.43. The molecule has 0 aliphatic heterocycles. The van der Waals surface area contributed by atoms with Gasteiger partial charge in [0.2, 0.25) is 0 Å². The lowest BCUT2D eigenvalue weighted by atomic mass is 10.1. The molecule has 0 spiro atoms. The number of aromatic nitrogens is 1. The van der Waals surface area contributed by atoms with Crippen LogP contribution in [-0.2, 0) is 13.2 Å². The molecule has 96 valence electrons. The lowest BCUT2D eigenvalue weighted by Crippen LogP contribution is -2.00. The normalized spacial score (nSPS) is 11.0. The molecule has 0 atom stereocenters. The van der Waals surface area contributed by atoms with Crippen molar-refractivity contribution in [3.63, 3.8) is 0 Å². The number of hydrogen-bond donors (Lipinski definition) is 2. The van der Waals surface area contributed by atoms with Crippen LogP contribution in [0.15, 0.2) is 54.7 Å². The van der Waals surface area contributed by atoms with E-state index in [0.29, 0.717) is 0 Å². The third kappa shape index (κ3) is 2.20. The third-order valence-corrected chi connectivity index (χ3v) is 3.33.